The number of rotatable bonds is 4. The highest BCUT2D eigenvalue weighted by Crippen LogP contribution is 2.38. The van der Waals surface area contributed by atoms with E-state index in [9.17, 15) is 9.59 Å². The second kappa shape index (κ2) is 7.00. The molecule has 1 atom stereocenters. The number of hydrogen-bond donors (Lipinski definition) is 0. The molecule has 0 fully saturated rings. The maximum absolute atomic E-state index is 13.2. The van der Waals surface area contributed by atoms with Crippen LogP contribution >= 0.6 is 23.2 Å². The summed E-state index contributed by atoms with van der Waals surface area (Å²) < 4.78 is 11.0. The first-order valence-electron chi connectivity index (χ1n) is 8.33. The average molecular weight is 404 g/mol. The molecule has 138 valence electrons. The zero-order valence-electron chi connectivity index (χ0n) is 14.4. The van der Waals surface area contributed by atoms with Gasteiger partial charge in [0.15, 0.2) is 5.43 Å². The molecule has 0 spiro atoms. The van der Waals surface area contributed by atoms with Crippen LogP contribution in [0.1, 0.15) is 27.7 Å². The third-order valence-electron chi connectivity index (χ3n) is 4.65. The van der Waals surface area contributed by atoms with E-state index in [2.05, 4.69) is 0 Å². The zero-order chi connectivity index (χ0) is 19.1. The van der Waals surface area contributed by atoms with Crippen molar-refractivity contribution in [2.45, 2.75) is 6.04 Å². The Hall–Kier alpha value is -2.34. The first-order chi connectivity index (χ1) is 13.0. The van der Waals surface area contributed by atoms with Gasteiger partial charge in [-0.05, 0) is 35.9 Å². The van der Waals surface area contributed by atoms with Crippen molar-refractivity contribution in [2.24, 2.45) is 0 Å². The molecule has 2 heterocycles. The Balaban J connectivity index is 1.97. The molecule has 4 rings (SSSR count). The molecule has 1 aromatic heterocycles. The van der Waals surface area contributed by atoms with E-state index in [0.717, 1.165) is 5.56 Å². The Bertz CT molecular complexity index is 1090. The van der Waals surface area contributed by atoms with Gasteiger partial charge >= 0.3 is 0 Å². The number of hydrogen-bond acceptors (Lipinski definition) is 4. The molecule has 0 aliphatic carbocycles. The van der Waals surface area contributed by atoms with Gasteiger partial charge < -0.3 is 14.1 Å². The largest absolute Gasteiger partial charge is 0.450 e. The molecule has 0 bridgehead atoms. The minimum Gasteiger partial charge on any atom is -0.450 e. The molecule has 0 N–H and O–H groups in total. The molecule has 2 aromatic carbocycles. The summed E-state index contributed by atoms with van der Waals surface area (Å²) in [6.45, 7) is 0.659. The number of benzene rings is 2. The summed E-state index contributed by atoms with van der Waals surface area (Å²) in [5.74, 6) is -0.276. The van der Waals surface area contributed by atoms with Crippen molar-refractivity contribution in [1.29, 1.82) is 0 Å². The number of carbonyl (C=O) groups is 1. The lowest BCUT2D eigenvalue weighted by Gasteiger charge is -2.24. The number of ether oxygens (including phenoxy) is 1. The van der Waals surface area contributed by atoms with Gasteiger partial charge in [0.1, 0.15) is 5.58 Å². The van der Waals surface area contributed by atoms with Gasteiger partial charge in [-0.15, -0.1) is 0 Å². The number of nitrogens with zero attached hydrogens (tertiary/aromatic N) is 1. The predicted octanol–water partition coefficient (Wildman–Crippen LogP) is 4.29. The predicted molar refractivity (Wildman–Crippen MR) is 104 cm³/mol. The number of fused-ring (bicyclic) bond motifs is 2. The fourth-order valence-corrected chi connectivity index (χ4v) is 3.70. The molecule has 1 unspecified atom stereocenters. The fourth-order valence-electron chi connectivity index (χ4n) is 3.40. The molecule has 7 heteroatoms. The van der Waals surface area contributed by atoms with Gasteiger partial charge in [-0.25, -0.2) is 0 Å². The monoisotopic (exact) mass is 403 g/mol. The second-order valence-electron chi connectivity index (χ2n) is 6.26. The quantitative estimate of drug-likeness (QED) is 0.651. The average Bonchev–Trinajstić information content (AvgIpc) is 2.94. The minimum absolute atomic E-state index is 0.0610. The van der Waals surface area contributed by atoms with Crippen LogP contribution in [0.25, 0.3) is 11.0 Å². The Labute approximate surface area is 165 Å². The van der Waals surface area contributed by atoms with E-state index < -0.39 is 6.04 Å². The van der Waals surface area contributed by atoms with Gasteiger partial charge in [-0.1, -0.05) is 35.3 Å². The zero-order valence-corrected chi connectivity index (χ0v) is 15.9. The summed E-state index contributed by atoms with van der Waals surface area (Å²) in [5, 5.41) is 1.35. The lowest BCUT2D eigenvalue weighted by atomic mass is 9.98. The molecule has 1 aliphatic rings. The standard InChI is InChI=1S/C20H15Cl2NO4/c1-26-9-8-23-17(11-2-4-12(21)5-3-11)16-18(24)14-10-13(22)6-7-15(14)27-19(16)20(23)25/h2-7,10,17H,8-9H2,1H3. The molecule has 0 saturated heterocycles. The van der Waals surface area contributed by atoms with Crippen molar-refractivity contribution in [3.05, 3.63) is 79.6 Å². The molecule has 0 saturated carbocycles. The van der Waals surface area contributed by atoms with Crippen molar-refractivity contribution in [3.8, 4) is 0 Å². The van der Waals surface area contributed by atoms with E-state index in [-0.39, 0.29) is 17.1 Å². The highest BCUT2D eigenvalue weighted by atomic mass is 35.5. The van der Waals surface area contributed by atoms with Gasteiger partial charge in [0, 0.05) is 23.7 Å². The van der Waals surface area contributed by atoms with Crippen molar-refractivity contribution in [2.75, 3.05) is 20.3 Å². The fraction of sp³-hybridized carbons (Fsp3) is 0.200. The van der Waals surface area contributed by atoms with Crippen molar-refractivity contribution in [1.82, 2.24) is 4.90 Å². The molecule has 3 aromatic rings. The lowest BCUT2D eigenvalue weighted by Crippen LogP contribution is -2.32. The SMILES string of the molecule is COCCN1C(=O)c2oc3ccc(Cl)cc3c(=O)c2C1c1ccc(Cl)cc1. The van der Waals surface area contributed by atoms with Crippen molar-refractivity contribution in [3.63, 3.8) is 0 Å². The van der Waals surface area contributed by atoms with Gasteiger partial charge in [0.05, 0.1) is 23.6 Å². The molecular formula is C20H15Cl2NO4. The van der Waals surface area contributed by atoms with E-state index in [1.165, 1.54) is 0 Å². The van der Waals surface area contributed by atoms with Gasteiger partial charge in [-0.2, -0.15) is 0 Å². The van der Waals surface area contributed by atoms with E-state index in [0.29, 0.717) is 39.7 Å². The second-order valence-corrected chi connectivity index (χ2v) is 7.13. The smallest absolute Gasteiger partial charge is 0.290 e. The lowest BCUT2D eigenvalue weighted by molar-refractivity contribution is 0.0663. The van der Waals surface area contributed by atoms with Crippen LogP contribution in [0.5, 0.6) is 0 Å². The van der Waals surface area contributed by atoms with Crippen molar-refractivity contribution >= 4 is 40.1 Å². The van der Waals surface area contributed by atoms with E-state index in [4.69, 9.17) is 32.4 Å². The van der Waals surface area contributed by atoms with Gasteiger partial charge in [0.25, 0.3) is 5.91 Å². The normalized spacial score (nSPS) is 16.2. The van der Waals surface area contributed by atoms with Crippen LogP contribution in [-0.4, -0.2) is 31.1 Å². The van der Waals surface area contributed by atoms with E-state index in [1.54, 1.807) is 54.5 Å². The molecule has 1 amide bonds. The van der Waals surface area contributed by atoms with Crippen molar-refractivity contribution < 1.29 is 13.9 Å². The summed E-state index contributed by atoms with van der Waals surface area (Å²) in [7, 11) is 1.56. The molecule has 27 heavy (non-hydrogen) atoms. The molecular weight excluding hydrogens is 389 g/mol. The molecule has 1 aliphatic heterocycles. The minimum atomic E-state index is -0.570. The van der Waals surface area contributed by atoms with Crippen LogP contribution < -0.4 is 5.43 Å². The van der Waals surface area contributed by atoms with Crippen LogP contribution in [-0.2, 0) is 4.74 Å². The number of carbonyl (C=O) groups excluding carboxylic acids is 1. The summed E-state index contributed by atoms with van der Waals surface area (Å²) in [5.41, 5.74) is 1.16. The van der Waals surface area contributed by atoms with Crippen LogP contribution in [0, 0.1) is 0 Å². The van der Waals surface area contributed by atoms with E-state index in [1.807, 2.05) is 0 Å². The summed E-state index contributed by atoms with van der Waals surface area (Å²) in [6.07, 6.45) is 0. The topological polar surface area (TPSA) is 59.8 Å². The summed E-state index contributed by atoms with van der Waals surface area (Å²) in [4.78, 5) is 27.8. The highest BCUT2D eigenvalue weighted by Gasteiger charge is 2.42. The highest BCUT2D eigenvalue weighted by molar-refractivity contribution is 6.31. The summed E-state index contributed by atoms with van der Waals surface area (Å²) in [6, 6.07) is 11.3. The Morgan fingerprint density at radius 3 is 2.48 bits per heavy atom. The summed E-state index contributed by atoms with van der Waals surface area (Å²) >= 11 is 12.0. The first kappa shape index (κ1) is 18.0. The Morgan fingerprint density at radius 2 is 1.78 bits per heavy atom. The van der Waals surface area contributed by atoms with Crippen LogP contribution in [0.15, 0.2) is 51.7 Å². The molecule has 5 nitrogen and oxygen atoms in total. The number of amides is 1. The molecule has 0 radical (unpaired) electrons. The van der Waals surface area contributed by atoms with E-state index >= 15 is 0 Å². The van der Waals surface area contributed by atoms with Crippen LogP contribution in [0.2, 0.25) is 10.0 Å². The van der Waals surface area contributed by atoms with Gasteiger partial charge in [-0.3, -0.25) is 9.59 Å². The maximum Gasteiger partial charge on any atom is 0.290 e. The third kappa shape index (κ3) is 3.02. The Kier molecular flexibility index (Phi) is 4.68. The third-order valence-corrected chi connectivity index (χ3v) is 5.14. The first-order valence-corrected chi connectivity index (χ1v) is 9.08. The Morgan fingerprint density at radius 1 is 1.07 bits per heavy atom. The maximum atomic E-state index is 13.2. The number of methoxy groups -OCH3 is 1. The van der Waals surface area contributed by atoms with Crippen LogP contribution in [0.4, 0.5) is 0 Å². The number of halogens is 2. The van der Waals surface area contributed by atoms with Gasteiger partial charge in [0.2, 0.25) is 5.76 Å². The van der Waals surface area contributed by atoms with Crippen LogP contribution in [0.3, 0.4) is 0 Å².